The lowest BCUT2D eigenvalue weighted by molar-refractivity contribution is -0.926. The van der Waals surface area contributed by atoms with E-state index in [0.717, 1.165) is 36.4 Å². The maximum absolute atomic E-state index is 10.3. The van der Waals surface area contributed by atoms with Gasteiger partial charge >= 0.3 is 0 Å². The molecule has 0 aromatic heterocycles. The van der Waals surface area contributed by atoms with Crippen molar-refractivity contribution in [3.63, 3.8) is 0 Å². The van der Waals surface area contributed by atoms with Gasteiger partial charge in [0.15, 0.2) is 0 Å². The van der Waals surface area contributed by atoms with Crippen LogP contribution in [0.1, 0.15) is 20.8 Å². The first-order valence-electron chi connectivity index (χ1n) is 8.94. The highest BCUT2D eigenvalue weighted by atomic mass is 16.5. The van der Waals surface area contributed by atoms with Gasteiger partial charge < -0.3 is 14.3 Å². The Hall–Kier alpha value is -1.84. The fourth-order valence-electron chi connectivity index (χ4n) is 3.12. The van der Waals surface area contributed by atoms with E-state index in [1.54, 1.807) is 0 Å². The molecule has 1 unspecified atom stereocenters. The summed E-state index contributed by atoms with van der Waals surface area (Å²) in [6.45, 7) is 10.7. The standard InChI is InChI=1S/C21H30NO2/c1-4-22(5-2,6-3)16-20(23)17-24-21-14-12-19(13-15-21)18-10-8-7-9-11-18/h7-15,20,23H,4-6,16-17H2,1-3H3/q+1. The smallest absolute Gasteiger partial charge is 0.137 e. The molecule has 2 aromatic rings. The number of rotatable bonds is 9. The third-order valence-corrected chi connectivity index (χ3v) is 5.01. The fraction of sp³-hybridized carbons (Fsp3) is 0.429. The molecule has 0 saturated carbocycles. The largest absolute Gasteiger partial charge is 0.491 e. The Balaban J connectivity index is 1.90. The van der Waals surface area contributed by atoms with Crippen LogP contribution in [0.15, 0.2) is 54.6 Å². The number of quaternary nitrogens is 1. The van der Waals surface area contributed by atoms with Crippen molar-refractivity contribution in [1.82, 2.24) is 0 Å². The Morgan fingerprint density at radius 1 is 0.833 bits per heavy atom. The maximum Gasteiger partial charge on any atom is 0.137 e. The first-order chi connectivity index (χ1) is 11.6. The second kappa shape index (κ2) is 8.86. The first-order valence-corrected chi connectivity index (χ1v) is 8.94. The minimum atomic E-state index is -0.446. The van der Waals surface area contributed by atoms with E-state index < -0.39 is 6.10 Å². The zero-order chi connectivity index (χ0) is 17.4. The molecule has 3 heteroatoms. The number of aliphatic hydroxyl groups excluding tert-OH is 1. The van der Waals surface area contributed by atoms with Crippen LogP contribution in [0.2, 0.25) is 0 Å². The molecule has 1 N–H and O–H groups in total. The van der Waals surface area contributed by atoms with Gasteiger partial charge in [-0.15, -0.1) is 0 Å². The van der Waals surface area contributed by atoms with E-state index in [2.05, 4.69) is 45.0 Å². The fourth-order valence-corrected chi connectivity index (χ4v) is 3.12. The Morgan fingerprint density at radius 3 is 1.92 bits per heavy atom. The number of likely N-dealkylation sites (N-methyl/N-ethyl adjacent to an activating group) is 1. The molecule has 0 aliphatic carbocycles. The van der Waals surface area contributed by atoms with Crippen LogP contribution in [0.4, 0.5) is 0 Å². The summed E-state index contributed by atoms with van der Waals surface area (Å²) in [6.07, 6.45) is -0.446. The summed E-state index contributed by atoms with van der Waals surface area (Å²) in [7, 11) is 0. The molecule has 0 aliphatic heterocycles. The van der Waals surface area contributed by atoms with Gasteiger partial charge in [-0.3, -0.25) is 0 Å². The van der Waals surface area contributed by atoms with Crippen molar-refractivity contribution in [2.75, 3.05) is 32.8 Å². The van der Waals surface area contributed by atoms with Crippen molar-refractivity contribution < 1.29 is 14.3 Å². The number of benzene rings is 2. The third-order valence-electron chi connectivity index (χ3n) is 5.01. The Bertz CT molecular complexity index is 583. The molecular weight excluding hydrogens is 298 g/mol. The predicted molar refractivity (Wildman–Crippen MR) is 100 cm³/mol. The minimum Gasteiger partial charge on any atom is -0.491 e. The van der Waals surface area contributed by atoms with Crippen LogP contribution in [-0.4, -0.2) is 48.5 Å². The summed E-state index contributed by atoms with van der Waals surface area (Å²) < 4.78 is 6.71. The Labute approximate surface area is 146 Å². The topological polar surface area (TPSA) is 29.5 Å². The van der Waals surface area contributed by atoms with E-state index in [9.17, 15) is 5.11 Å². The highest BCUT2D eigenvalue weighted by Gasteiger charge is 2.25. The van der Waals surface area contributed by atoms with Crippen molar-refractivity contribution in [2.45, 2.75) is 26.9 Å². The van der Waals surface area contributed by atoms with Crippen LogP contribution < -0.4 is 4.74 Å². The quantitative estimate of drug-likeness (QED) is 0.706. The molecule has 24 heavy (non-hydrogen) atoms. The number of nitrogens with zero attached hydrogens (tertiary/aromatic N) is 1. The van der Waals surface area contributed by atoms with Gasteiger partial charge in [-0.2, -0.15) is 0 Å². The van der Waals surface area contributed by atoms with Crippen LogP contribution in [0.5, 0.6) is 5.75 Å². The summed E-state index contributed by atoms with van der Waals surface area (Å²) >= 11 is 0. The van der Waals surface area contributed by atoms with Crippen LogP contribution >= 0.6 is 0 Å². The van der Waals surface area contributed by atoms with Gasteiger partial charge in [0.05, 0.1) is 19.6 Å². The highest BCUT2D eigenvalue weighted by Crippen LogP contribution is 2.22. The molecule has 1 atom stereocenters. The van der Waals surface area contributed by atoms with Crippen LogP contribution in [0, 0.1) is 0 Å². The molecule has 0 radical (unpaired) electrons. The van der Waals surface area contributed by atoms with E-state index in [4.69, 9.17) is 4.74 Å². The van der Waals surface area contributed by atoms with Gasteiger partial charge in [0.1, 0.15) is 25.0 Å². The predicted octanol–water partition coefficient (Wildman–Crippen LogP) is 3.97. The van der Waals surface area contributed by atoms with Gasteiger partial charge in [0.25, 0.3) is 0 Å². The lowest BCUT2D eigenvalue weighted by Crippen LogP contribution is -2.52. The summed E-state index contributed by atoms with van der Waals surface area (Å²) in [5.41, 5.74) is 2.36. The Kier molecular flexibility index (Phi) is 6.83. The maximum atomic E-state index is 10.3. The van der Waals surface area contributed by atoms with E-state index in [-0.39, 0.29) is 0 Å². The minimum absolute atomic E-state index is 0.338. The second-order valence-electron chi connectivity index (χ2n) is 6.33. The van der Waals surface area contributed by atoms with Crippen LogP contribution in [-0.2, 0) is 0 Å². The monoisotopic (exact) mass is 328 g/mol. The van der Waals surface area contributed by atoms with E-state index in [1.165, 1.54) is 11.1 Å². The van der Waals surface area contributed by atoms with Gasteiger partial charge in [-0.05, 0) is 44.0 Å². The second-order valence-corrected chi connectivity index (χ2v) is 6.33. The first kappa shape index (κ1) is 18.5. The van der Waals surface area contributed by atoms with Gasteiger partial charge in [0.2, 0.25) is 0 Å². The van der Waals surface area contributed by atoms with Crippen LogP contribution in [0.3, 0.4) is 0 Å². The summed E-state index contributed by atoms with van der Waals surface area (Å²) in [6, 6.07) is 18.3. The number of ether oxygens (including phenoxy) is 1. The molecule has 0 saturated heterocycles. The Morgan fingerprint density at radius 2 is 1.38 bits per heavy atom. The molecule has 0 fully saturated rings. The summed E-state index contributed by atoms with van der Waals surface area (Å²) in [5.74, 6) is 0.802. The van der Waals surface area contributed by atoms with Gasteiger partial charge in [0, 0.05) is 0 Å². The number of hydrogen-bond acceptors (Lipinski definition) is 2. The molecule has 0 bridgehead atoms. The third kappa shape index (κ3) is 4.83. The molecule has 3 nitrogen and oxygen atoms in total. The summed E-state index contributed by atoms with van der Waals surface area (Å²) in [4.78, 5) is 0. The highest BCUT2D eigenvalue weighted by molar-refractivity contribution is 5.63. The zero-order valence-electron chi connectivity index (χ0n) is 15.1. The number of aliphatic hydroxyl groups is 1. The van der Waals surface area contributed by atoms with Crippen molar-refractivity contribution in [3.8, 4) is 16.9 Å². The van der Waals surface area contributed by atoms with Crippen molar-refractivity contribution in [1.29, 1.82) is 0 Å². The van der Waals surface area contributed by atoms with E-state index in [1.807, 2.05) is 30.3 Å². The van der Waals surface area contributed by atoms with E-state index >= 15 is 0 Å². The normalized spacial score (nSPS) is 12.8. The molecule has 2 rings (SSSR count). The molecule has 2 aromatic carbocycles. The van der Waals surface area contributed by atoms with Crippen molar-refractivity contribution >= 4 is 0 Å². The lowest BCUT2D eigenvalue weighted by Gasteiger charge is -2.37. The van der Waals surface area contributed by atoms with Crippen molar-refractivity contribution in [2.24, 2.45) is 0 Å². The van der Waals surface area contributed by atoms with Gasteiger partial charge in [-0.1, -0.05) is 42.5 Å². The van der Waals surface area contributed by atoms with E-state index in [0.29, 0.717) is 6.61 Å². The van der Waals surface area contributed by atoms with Crippen LogP contribution in [0.25, 0.3) is 11.1 Å². The van der Waals surface area contributed by atoms with Gasteiger partial charge in [-0.25, -0.2) is 0 Å². The molecule has 130 valence electrons. The molecule has 0 spiro atoms. The average Bonchev–Trinajstić information content (AvgIpc) is 2.66. The lowest BCUT2D eigenvalue weighted by atomic mass is 10.1. The average molecular weight is 328 g/mol. The molecular formula is C21H30NO2+. The molecule has 0 amide bonds. The molecule has 0 heterocycles. The van der Waals surface area contributed by atoms with Crippen molar-refractivity contribution in [3.05, 3.63) is 54.6 Å². The summed E-state index contributed by atoms with van der Waals surface area (Å²) in [5, 5.41) is 10.3. The molecule has 0 aliphatic rings. The zero-order valence-corrected chi connectivity index (χ0v) is 15.1. The number of hydrogen-bond donors (Lipinski definition) is 1. The SMILES string of the molecule is CC[N+](CC)(CC)CC(O)COc1ccc(-c2ccccc2)cc1.